The van der Waals surface area contributed by atoms with Crippen LogP contribution in [-0.2, 0) is 22.3 Å². The van der Waals surface area contributed by atoms with Crippen molar-refractivity contribution in [2.45, 2.75) is 43.0 Å². The van der Waals surface area contributed by atoms with Crippen LogP contribution < -0.4 is 0 Å². The zero-order chi connectivity index (χ0) is 21.6. The van der Waals surface area contributed by atoms with E-state index in [1.165, 1.54) is 28.8 Å². The molecule has 0 aliphatic carbocycles. The molecule has 0 bridgehead atoms. The van der Waals surface area contributed by atoms with E-state index in [1.54, 1.807) is 41.6 Å². The van der Waals surface area contributed by atoms with E-state index in [9.17, 15) is 8.42 Å². The molecule has 1 aromatic carbocycles. The van der Waals surface area contributed by atoms with Crippen molar-refractivity contribution < 1.29 is 8.42 Å². The molecular weight excluding hydrogens is 438 g/mol. The number of hydrogen-bond acceptors (Lipinski definition) is 7. The van der Waals surface area contributed by atoms with Gasteiger partial charge in [0.2, 0.25) is 10.0 Å². The van der Waals surface area contributed by atoms with Gasteiger partial charge < -0.3 is 4.57 Å². The first-order valence-electron chi connectivity index (χ1n) is 9.49. The van der Waals surface area contributed by atoms with Crippen LogP contribution >= 0.6 is 23.1 Å². The summed E-state index contributed by atoms with van der Waals surface area (Å²) in [7, 11) is -0.436. The van der Waals surface area contributed by atoms with E-state index in [1.807, 2.05) is 6.07 Å². The van der Waals surface area contributed by atoms with E-state index in [0.29, 0.717) is 11.3 Å². The van der Waals surface area contributed by atoms with Crippen molar-refractivity contribution in [1.29, 1.82) is 0 Å². The molecule has 0 N–H and O–H groups in total. The fourth-order valence-electron chi connectivity index (χ4n) is 3.39. The summed E-state index contributed by atoms with van der Waals surface area (Å²) in [6.45, 7) is 7.03. The number of benzene rings is 1. The van der Waals surface area contributed by atoms with E-state index >= 15 is 0 Å². The Morgan fingerprint density at radius 1 is 1.20 bits per heavy atom. The van der Waals surface area contributed by atoms with Gasteiger partial charge in [-0.05, 0) is 44.5 Å². The first kappa shape index (κ1) is 21.2. The maximum absolute atomic E-state index is 12.5. The number of imidazole rings is 1. The predicted molar refractivity (Wildman–Crippen MR) is 123 cm³/mol. The highest BCUT2D eigenvalue weighted by Gasteiger charge is 2.20. The second-order valence-electron chi connectivity index (χ2n) is 7.14. The zero-order valence-electron chi connectivity index (χ0n) is 17.5. The third-order valence-corrected chi connectivity index (χ3v) is 9.07. The summed E-state index contributed by atoms with van der Waals surface area (Å²) < 4.78 is 28.3. The maximum atomic E-state index is 12.5. The lowest BCUT2D eigenvalue weighted by Gasteiger charge is -2.11. The monoisotopic (exact) mass is 461 g/mol. The Hall–Kier alpha value is -2.01. The van der Waals surface area contributed by atoms with Gasteiger partial charge in [0.25, 0.3) is 0 Å². The van der Waals surface area contributed by atoms with Crippen LogP contribution in [0.25, 0.3) is 21.3 Å². The molecule has 30 heavy (non-hydrogen) atoms. The maximum Gasteiger partial charge on any atom is 0.242 e. The van der Waals surface area contributed by atoms with E-state index in [-0.39, 0.29) is 4.90 Å². The Kier molecular flexibility index (Phi) is 5.60. The predicted octanol–water partition coefficient (Wildman–Crippen LogP) is 4.22. The molecule has 7 nitrogen and oxygen atoms in total. The molecule has 0 aliphatic rings. The van der Waals surface area contributed by atoms with Crippen molar-refractivity contribution in [3.05, 3.63) is 40.8 Å². The van der Waals surface area contributed by atoms with Gasteiger partial charge in [-0.3, -0.25) is 0 Å². The minimum absolute atomic E-state index is 0.252. The number of rotatable bonds is 6. The largest absolute Gasteiger partial charge is 0.328 e. The van der Waals surface area contributed by atoms with Gasteiger partial charge in [-0.15, -0.1) is 11.3 Å². The molecule has 4 aromatic rings. The Morgan fingerprint density at radius 2 is 1.97 bits per heavy atom. The Labute approximate surface area is 184 Å². The highest BCUT2D eigenvalue weighted by molar-refractivity contribution is 7.98. The standard InChI is InChI=1S/C20H23N5O2S3/c1-6-25-16-8-7-14(30(26,27)24(4)5)9-15(16)23-17(25)10-28-19-18-12(2)13(3)29-20(18)22-11-21-19/h7-9,11H,6,10H2,1-5H3. The average molecular weight is 462 g/mol. The molecule has 0 spiro atoms. The van der Waals surface area contributed by atoms with Crippen LogP contribution in [-0.4, -0.2) is 46.3 Å². The SMILES string of the molecule is CCn1c(CSc2ncnc3sc(C)c(C)c23)nc2cc(S(=O)(=O)N(C)C)ccc21. The zero-order valence-corrected chi connectivity index (χ0v) is 20.0. The number of fused-ring (bicyclic) bond motifs is 2. The molecule has 10 heteroatoms. The van der Waals surface area contributed by atoms with Crippen molar-refractivity contribution in [3.8, 4) is 0 Å². The van der Waals surface area contributed by atoms with Crippen molar-refractivity contribution in [1.82, 2.24) is 23.8 Å². The molecule has 3 heterocycles. The summed E-state index contributed by atoms with van der Waals surface area (Å²) in [5.74, 6) is 1.53. The van der Waals surface area contributed by atoms with Gasteiger partial charge in [0, 0.05) is 30.9 Å². The summed E-state index contributed by atoms with van der Waals surface area (Å²) in [6, 6.07) is 5.14. The molecule has 0 atom stereocenters. The third kappa shape index (κ3) is 3.51. The smallest absolute Gasteiger partial charge is 0.242 e. The van der Waals surface area contributed by atoms with E-state index in [4.69, 9.17) is 4.98 Å². The molecule has 3 aromatic heterocycles. The topological polar surface area (TPSA) is 81.0 Å². The van der Waals surface area contributed by atoms with Gasteiger partial charge in [0.15, 0.2) is 0 Å². The van der Waals surface area contributed by atoms with E-state index in [2.05, 4.69) is 35.3 Å². The molecule has 0 aliphatic heterocycles. The van der Waals surface area contributed by atoms with Crippen molar-refractivity contribution in [2.75, 3.05) is 14.1 Å². The highest BCUT2D eigenvalue weighted by Crippen LogP contribution is 2.36. The fraction of sp³-hybridized carbons (Fsp3) is 0.350. The number of aromatic nitrogens is 4. The van der Waals surface area contributed by atoms with Crippen LogP contribution in [0.5, 0.6) is 0 Å². The highest BCUT2D eigenvalue weighted by atomic mass is 32.2. The lowest BCUT2D eigenvalue weighted by molar-refractivity contribution is 0.521. The molecule has 4 rings (SSSR count). The summed E-state index contributed by atoms with van der Waals surface area (Å²) in [5, 5.41) is 2.07. The number of sulfonamides is 1. The molecular formula is C20H23N5O2S3. The lowest BCUT2D eigenvalue weighted by atomic mass is 10.2. The summed E-state index contributed by atoms with van der Waals surface area (Å²) in [5.41, 5.74) is 2.84. The first-order chi connectivity index (χ1) is 14.2. The summed E-state index contributed by atoms with van der Waals surface area (Å²) >= 11 is 3.32. The van der Waals surface area contributed by atoms with E-state index < -0.39 is 10.0 Å². The molecule has 158 valence electrons. The number of hydrogen-bond donors (Lipinski definition) is 0. The van der Waals surface area contributed by atoms with Gasteiger partial charge >= 0.3 is 0 Å². The van der Waals surface area contributed by atoms with Crippen LogP contribution in [0.15, 0.2) is 34.4 Å². The normalized spacial score (nSPS) is 12.5. The number of thioether (sulfide) groups is 1. The number of thiophene rings is 1. The van der Waals surface area contributed by atoms with Gasteiger partial charge in [-0.2, -0.15) is 0 Å². The molecule has 0 radical (unpaired) electrons. The second kappa shape index (κ2) is 7.92. The van der Waals surface area contributed by atoms with Crippen molar-refractivity contribution in [2.24, 2.45) is 0 Å². The minimum Gasteiger partial charge on any atom is -0.328 e. The van der Waals surface area contributed by atoms with Crippen molar-refractivity contribution in [3.63, 3.8) is 0 Å². The van der Waals surface area contributed by atoms with E-state index in [0.717, 1.165) is 33.1 Å². The van der Waals surface area contributed by atoms with Crippen LogP contribution in [0.2, 0.25) is 0 Å². The molecule has 0 unspecified atom stereocenters. The molecule has 0 saturated heterocycles. The third-order valence-electron chi connectivity index (χ3n) is 5.16. The Balaban J connectivity index is 1.71. The van der Waals surface area contributed by atoms with Crippen molar-refractivity contribution >= 4 is 54.4 Å². The number of nitrogens with zero attached hydrogens (tertiary/aromatic N) is 5. The Bertz CT molecular complexity index is 1360. The van der Waals surface area contributed by atoms with Gasteiger partial charge in [0.05, 0.1) is 21.7 Å². The molecule has 0 fully saturated rings. The van der Waals surface area contributed by atoms with Crippen LogP contribution in [0.1, 0.15) is 23.2 Å². The van der Waals surface area contributed by atoms with Crippen LogP contribution in [0.3, 0.4) is 0 Å². The second-order valence-corrected chi connectivity index (χ2v) is 11.5. The Morgan fingerprint density at radius 3 is 2.67 bits per heavy atom. The first-order valence-corrected chi connectivity index (χ1v) is 12.7. The van der Waals surface area contributed by atoms with Gasteiger partial charge in [-0.25, -0.2) is 27.7 Å². The minimum atomic E-state index is -3.50. The van der Waals surface area contributed by atoms with Crippen LogP contribution in [0, 0.1) is 13.8 Å². The fourth-order valence-corrected chi connectivity index (χ4v) is 6.37. The summed E-state index contributed by atoms with van der Waals surface area (Å²) in [6.07, 6.45) is 1.61. The summed E-state index contributed by atoms with van der Waals surface area (Å²) in [4.78, 5) is 16.2. The quantitative estimate of drug-likeness (QED) is 0.316. The van der Waals surface area contributed by atoms with Crippen LogP contribution in [0.4, 0.5) is 0 Å². The van der Waals surface area contributed by atoms with Gasteiger partial charge in [-0.1, -0.05) is 11.8 Å². The molecule has 0 amide bonds. The number of aryl methyl sites for hydroxylation is 3. The van der Waals surface area contributed by atoms with Gasteiger partial charge in [0.1, 0.15) is 22.0 Å². The molecule has 0 saturated carbocycles. The average Bonchev–Trinajstić information content (AvgIpc) is 3.22. The lowest BCUT2D eigenvalue weighted by Crippen LogP contribution is -2.22.